The highest BCUT2D eigenvalue weighted by molar-refractivity contribution is 6.32. The number of nitrogens with one attached hydrogen (secondary N) is 1. The molecule has 1 aliphatic rings. The van der Waals surface area contributed by atoms with E-state index in [0.717, 1.165) is 0 Å². The second kappa shape index (κ2) is 4.44. The first-order chi connectivity index (χ1) is 7.57. The molecule has 2 rings (SSSR count). The number of halogens is 2. The van der Waals surface area contributed by atoms with Crippen LogP contribution in [0.3, 0.4) is 0 Å². The third-order valence-corrected chi connectivity index (χ3v) is 3.06. The molecule has 16 heavy (non-hydrogen) atoms. The SMILES string of the molecule is O=c1ccnc(CC2(Cl)C=CC(Cl)=CC2)[nH]1. The molecular formula is C11H10Cl2N2O. The van der Waals surface area contributed by atoms with Crippen molar-refractivity contribution in [2.45, 2.75) is 17.7 Å². The first-order valence-electron chi connectivity index (χ1n) is 4.85. The zero-order chi connectivity index (χ0) is 11.6. The van der Waals surface area contributed by atoms with Gasteiger partial charge in [-0.1, -0.05) is 23.8 Å². The van der Waals surface area contributed by atoms with Crippen LogP contribution in [-0.2, 0) is 6.42 Å². The summed E-state index contributed by atoms with van der Waals surface area (Å²) in [6, 6.07) is 1.37. The van der Waals surface area contributed by atoms with Gasteiger partial charge in [0.15, 0.2) is 0 Å². The lowest BCUT2D eigenvalue weighted by molar-refractivity contribution is 0.663. The molecule has 0 spiro atoms. The summed E-state index contributed by atoms with van der Waals surface area (Å²) in [5.74, 6) is 0.582. The van der Waals surface area contributed by atoms with Gasteiger partial charge in [0.05, 0.1) is 4.87 Å². The van der Waals surface area contributed by atoms with Crippen LogP contribution in [0.5, 0.6) is 0 Å². The number of hydrogen-bond donors (Lipinski definition) is 1. The number of allylic oxidation sites excluding steroid dienone is 4. The van der Waals surface area contributed by atoms with Gasteiger partial charge in [-0.2, -0.15) is 0 Å². The molecule has 0 fully saturated rings. The summed E-state index contributed by atoms with van der Waals surface area (Å²) >= 11 is 12.2. The molecule has 0 aromatic carbocycles. The Hall–Kier alpha value is -1.06. The Morgan fingerprint density at radius 3 is 3.00 bits per heavy atom. The topological polar surface area (TPSA) is 45.8 Å². The number of aromatic nitrogens is 2. The maximum atomic E-state index is 11.1. The molecule has 1 aromatic rings. The van der Waals surface area contributed by atoms with Gasteiger partial charge in [0.2, 0.25) is 0 Å². The Morgan fingerprint density at radius 2 is 2.38 bits per heavy atom. The van der Waals surface area contributed by atoms with Gasteiger partial charge in [-0.3, -0.25) is 4.79 Å². The molecule has 1 heterocycles. The number of rotatable bonds is 2. The number of nitrogens with zero attached hydrogens (tertiary/aromatic N) is 1. The van der Waals surface area contributed by atoms with Gasteiger partial charge >= 0.3 is 0 Å². The largest absolute Gasteiger partial charge is 0.310 e. The minimum atomic E-state index is -0.546. The normalized spacial score (nSPS) is 24.2. The van der Waals surface area contributed by atoms with E-state index in [2.05, 4.69) is 9.97 Å². The number of H-pyrrole nitrogens is 1. The summed E-state index contributed by atoms with van der Waals surface area (Å²) in [6.07, 6.45) is 8.03. The zero-order valence-electron chi connectivity index (χ0n) is 8.41. The fourth-order valence-corrected chi connectivity index (χ4v) is 1.95. The monoisotopic (exact) mass is 256 g/mol. The smallest absolute Gasteiger partial charge is 0.250 e. The Balaban J connectivity index is 2.17. The third kappa shape index (κ3) is 2.74. The van der Waals surface area contributed by atoms with Crippen LogP contribution in [0.25, 0.3) is 0 Å². The van der Waals surface area contributed by atoms with Crippen LogP contribution in [-0.4, -0.2) is 14.8 Å². The molecule has 0 saturated heterocycles. The van der Waals surface area contributed by atoms with E-state index in [1.807, 2.05) is 12.2 Å². The molecule has 0 saturated carbocycles. The number of hydrogen-bond acceptors (Lipinski definition) is 2. The van der Waals surface area contributed by atoms with Crippen LogP contribution < -0.4 is 5.56 Å². The van der Waals surface area contributed by atoms with Crippen molar-refractivity contribution in [3.8, 4) is 0 Å². The van der Waals surface area contributed by atoms with E-state index in [1.54, 1.807) is 6.08 Å². The van der Waals surface area contributed by atoms with Crippen LogP contribution in [0.1, 0.15) is 12.2 Å². The van der Waals surface area contributed by atoms with Crippen molar-refractivity contribution in [3.05, 3.63) is 51.7 Å². The van der Waals surface area contributed by atoms with Crippen molar-refractivity contribution in [3.63, 3.8) is 0 Å². The molecule has 1 aliphatic carbocycles. The van der Waals surface area contributed by atoms with Crippen molar-refractivity contribution >= 4 is 23.2 Å². The molecule has 0 aliphatic heterocycles. The molecule has 1 unspecified atom stereocenters. The Labute approximate surface area is 103 Å². The summed E-state index contributed by atoms with van der Waals surface area (Å²) < 4.78 is 0. The van der Waals surface area contributed by atoms with E-state index in [0.29, 0.717) is 23.7 Å². The first kappa shape index (κ1) is 11.4. The van der Waals surface area contributed by atoms with Gasteiger partial charge < -0.3 is 4.98 Å². The van der Waals surface area contributed by atoms with Crippen molar-refractivity contribution < 1.29 is 0 Å². The molecule has 1 aromatic heterocycles. The highest BCUT2D eigenvalue weighted by Crippen LogP contribution is 2.31. The fraction of sp³-hybridized carbons (Fsp3) is 0.273. The number of aromatic amines is 1. The first-order valence-corrected chi connectivity index (χ1v) is 5.61. The summed E-state index contributed by atoms with van der Waals surface area (Å²) in [6.45, 7) is 0. The Morgan fingerprint density at radius 1 is 1.56 bits per heavy atom. The second-order valence-electron chi connectivity index (χ2n) is 3.72. The molecule has 0 amide bonds. The van der Waals surface area contributed by atoms with Gasteiger partial charge in [0.1, 0.15) is 5.82 Å². The van der Waals surface area contributed by atoms with Crippen LogP contribution >= 0.6 is 23.2 Å². The minimum absolute atomic E-state index is 0.168. The van der Waals surface area contributed by atoms with Crippen LogP contribution in [0, 0.1) is 0 Å². The average Bonchev–Trinajstić information content (AvgIpc) is 2.23. The van der Waals surface area contributed by atoms with Crippen molar-refractivity contribution in [1.29, 1.82) is 0 Å². The molecule has 1 N–H and O–H groups in total. The highest BCUT2D eigenvalue weighted by Gasteiger charge is 2.26. The average molecular weight is 257 g/mol. The van der Waals surface area contributed by atoms with Gasteiger partial charge in [-0.05, 0) is 12.5 Å². The fourth-order valence-electron chi connectivity index (χ4n) is 1.54. The second-order valence-corrected chi connectivity index (χ2v) is 4.91. The van der Waals surface area contributed by atoms with Gasteiger partial charge in [-0.25, -0.2) is 4.98 Å². The molecule has 5 heteroatoms. The molecule has 3 nitrogen and oxygen atoms in total. The molecule has 0 bridgehead atoms. The predicted molar refractivity (Wildman–Crippen MR) is 64.8 cm³/mol. The van der Waals surface area contributed by atoms with E-state index >= 15 is 0 Å². The van der Waals surface area contributed by atoms with Gasteiger partial charge in [0, 0.05) is 23.7 Å². The van der Waals surface area contributed by atoms with E-state index in [9.17, 15) is 4.79 Å². The summed E-state index contributed by atoms with van der Waals surface area (Å²) in [7, 11) is 0. The maximum Gasteiger partial charge on any atom is 0.250 e. The van der Waals surface area contributed by atoms with Crippen LogP contribution in [0.15, 0.2) is 40.3 Å². The van der Waals surface area contributed by atoms with Crippen molar-refractivity contribution in [2.75, 3.05) is 0 Å². The van der Waals surface area contributed by atoms with Crippen LogP contribution in [0.2, 0.25) is 0 Å². The Bertz CT molecular complexity index is 507. The van der Waals surface area contributed by atoms with Gasteiger partial charge in [-0.15, -0.1) is 11.6 Å². The highest BCUT2D eigenvalue weighted by atomic mass is 35.5. The van der Waals surface area contributed by atoms with E-state index in [1.165, 1.54) is 12.3 Å². The van der Waals surface area contributed by atoms with E-state index in [-0.39, 0.29) is 5.56 Å². The van der Waals surface area contributed by atoms with Crippen LogP contribution in [0.4, 0.5) is 0 Å². The lowest BCUT2D eigenvalue weighted by Gasteiger charge is -2.23. The summed E-state index contributed by atoms with van der Waals surface area (Å²) in [4.78, 5) is 17.3. The summed E-state index contributed by atoms with van der Waals surface area (Å²) in [5, 5.41) is 0.686. The summed E-state index contributed by atoms with van der Waals surface area (Å²) in [5.41, 5.74) is -0.168. The lowest BCUT2D eigenvalue weighted by Crippen LogP contribution is -2.25. The lowest BCUT2D eigenvalue weighted by atomic mass is 9.96. The molecule has 0 radical (unpaired) electrons. The standard InChI is InChI=1S/C11H10Cl2N2O/c12-8-1-4-11(13,5-2-8)7-9-14-6-3-10(16)15-9/h1-4,6H,5,7H2,(H,14,15,16). The molecule has 84 valence electrons. The third-order valence-electron chi connectivity index (χ3n) is 2.36. The molecule has 1 atom stereocenters. The van der Waals surface area contributed by atoms with Crippen molar-refractivity contribution in [2.24, 2.45) is 0 Å². The Kier molecular flexibility index (Phi) is 3.17. The number of alkyl halides is 1. The zero-order valence-corrected chi connectivity index (χ0v) is 9.92. The minimum Gasteiger partial charge on any atom is -0.310 e. The maximum absolute atomic E-state index is 11.1. The van der Waals surface area contributed by atoms with Crippen molar-refractivity contribution in [1.82, 2.24) is 9.97 Å². The predicted octanol–water partition coefficient (Wildman–Crippen LogP) is 2.37. The quantitative estimate of drug-likeness (QED) is 0.827. The van der Waals surface area contributed by atoms with E-state index < -0.39 is 4.87 Å². The molecular weight excluding hydrogens is 247 g/mol. The van der Waals surface area contributed by atoms with E-state index in [4.69, 9.17) is 23.2 Å². The van der Waals surface area contributed by atoms with Gasteiger partial charge in [0.25, 0.3) is 5.56 Å².